The van der Waals surface area contributed by atoms with E-state index in [2.05, 4.69) is 15.2 Å². The summed E-state index contributed by atoms with van der Waals surface area (Å²) in [7, 11) is 0. The standard InChI is InChI=1S/C10H15N5O/c1-5-4-8-13-14-10(9(11)6(2)16)15(8)7(3)12-5/h4,6,9,16H,11H2,1-3H3. The van der Waals surface area contributed by atoms with Crippen molar-refractivity contribution in [2.24, 2.45) is 5.73 Å². The third-order valence-corrected chi connectivity index (χ3v) is 2.53. The molecule has 16 heavy (non-hydrogen) atoms. The summed E-state index contributed by atoms with van der Waals surface area (Å²) in [6.07, 6.45) is -0.673. The van der Waals surface area contributed by atoms with E-state index in [0.29, 0.717) is 11.5 Å². The minimum absolute atomic E-state index is 0.537. The molecule has 0 saturated heterocycles. The second kappa shape index (κ2) is 3.80. The molecule has 6 heteroatoms. The van der Waals surface area contributed by atoms with Gasteiger partial charge in [0.25, 0.3) is 0 Å². The van der Waals surface area contributed by atoms with E-state index < -0.39 is 12.1 Å². The monoisotopic (exact) mass is 221 g/mol. The van der Waals surface area contributed by atoms with Gasteiger partial charge in [0.15, 0.2) is 11.5 Å². The first-order chi connectivity index (χ1) is 7.50. The number of fused-ring (bicyclic) bond motifs is 1. The Morgan fingerprint density at radius 1 is 1.38 bits per heavy atom. The molecule has 0 bridgehead atoms. The first-order valence-corrected chi connectivity index (χ1v) is 5.13. The molecule has 0 amide bonds. The zero-order valence-electron chi connectivity index (χ0n) is 9.55. The highest BCUT2D eigenvalue weighted by atomic mass is 16.3. The fourth-order valence-corrected chi connectivity index (χ4v) is 1.69. The van der Waals surface area contributed by atoms with Crippen LogP contribution in [0.15, 0.2) is 6.07 Å². The lowest BCUT2D eigenvalue weighted by atomic mass is 10.2. The van der Waals surface area contributed by atoms with Crippen LogP contribution in [0.1, 0.15) is 30.3 Å². The molecule has 2 atom stereocenters. The molecule has 2 heterocycles. The molecule has 0 aromatic carbocycles. The van der Waals surface area contributed by atoms with E-state index >= 15 is 0 Å². The lowest BCUT2D eigenvalue weighted by Gasteiger charge is -2.13. The third kappa shape index (κ3) is 1.66. The summed E-state index contributed by atoms with van der Waals surface area (Å²) < 4.78 is 1.77. The van der Waals surface area contributed by atoms with E-state index in [0.717, 1.165) is 11.5 Å². The fraction of sp³-hybridized carbons (Fsp3) is 0.500. The van der Waals surface area contributed by atoms with Gasteiger partial charge >= 0.3 is 0 Å². The number of aromatic nitrogens is 4. The molecule has 0 spiro atoms. The molecule has 2 unspecified atom stereocenters. The Morgan fingerprint density at radius 3 is 2.69 bits per heavy atom. The van der Waals surface area contributed by atoms with Crippen molar-refractivity contribution in [3.63, 3.8) is 0 Å². The molecule has 3 N–H and O–H groups in total. The highest BCUT2D eigenvalue weighted by Gasteiger charge is 2.19. The predicted octanol–water partition coefficient (Wildman–Crippen LogP) is 0.122. The van der Waals surface area contributed by atoms with Crippen LogP contribution in [0.2, 0.25) is 0 Å². The van der Waals surface area contributed by atoms with Crippen molar-refractivity contribution < 1.29 is 5.11 Å². The van der Waals surface area contributed by atoms with Crippen LogP contribution in [0, 0.1) is 13.8 Å². The molecule has 0 aliphatic rings. The van der Waals surface area contributed by atoms with Gasteiger partial charge in [-0.25, -0.2) is 4.98 Å². The Kier molecular flexibility index (Phi) is 2.61. The molecule has 6 nitrogen and oxygen atoms in total. The van der Waals surface area contributed by atoms with E-state index in [4.69, 9.17) is 5.73 Å². The van der Waals surface area contributed by atoms with Crippen molar-refractivity contribution in [3.05, 3.63) is 23.4 Å². The van der Waals surface area contributed by atoms with Gasteiger partial charge in [-0.2, -0.15) is 0 Å². The average molecular weight is 221 g/mol. The third-order valence-electron chi connectivity index (χ3n) is 2.53. The van der Waals surface area contributed by atoms with Gasteiger partial charge in [0.05, 0.1) is 12.1 Å². The average Bonchev–Trinajstić information content (AvgIpc) is 2.59. The van der Waals surface area contributed by atoms with Gasteiger partial charge in [-0.05, 0) is 20.8 Å². The maximum atomic E-state index is 9.47. The first-order valence-electron chi connectivity index (χ1n) is 5.13. The molecule has 2 rings (SSSR count). The van der Waals surface area contributed by atoms with Crippen molar-refractivity contribution in [2.45, 2.75) is 32.9 Å². The Hall–Kier alpha value is -1.53. The number of hydrogen-bond acceptors (Lipinski definition) is 5. The maximum Gasteiger partial charge on any atom is 0.164 e. The number of aryl methyl sites for hydroxylation is 2. The van der Waals surface area contributed by atoms with Crippen molar-refractivity contribution in [1.82, 2.24) is 19.6 Å². The molecule has 0 saturated carbocycles. The molecule has 2 aromatic heterocycles. The molecule has 2 aromatic rings. The number of aliphatic hydroxyl groups excluding tert-OH is 1. The summed E-state index contributed by atoms with van der Waals surface area (Å²) in [5, 5.41) is 17.5. The molecule has 0 fully saturated rings. The van der Waals surface area contributed by atoms with Crippen molar-refractivity contribution in [3.8, 4) is 0 Å². The van der Waals surface area contributed by atoms with Crippen LogP contribution in [0.5, 0.6) is 0 Å². The highest BCUT2D eigenvalue weighted by Crippen LogP contribution is 2.15. The summed E-state index contributed by atoms with van der Waals surface area (Å²) in [5.74, 6) is 1.31. The molecular weight excluding hydrogens is 206 g/mol. The fourth-order valence-electron chi connectivity index (χ4n) is 1.69. The summed E-state index contributed by atoms with van der Waals surface area (Å²) in [6, 6.07) is 1.27. The van der Waals surface area contributed by atoms with E-state index in [-0.39, 0.29) is 0 Å². The van der Waals surface area contributed by atoms with Gasteiger partial charge in [0.2, 0.25) is 0 Å². The Balaban J connectivity index is 2.65. The first kappa shape index (κ1) is 11.0. The lowest BCUT2D eigenvalue weighted by molar-refractivity contribution is 0.160. The van der Waals surface area contributed by atoms with Crippen LogP contribution in [-0.4, -0.2) is 30.8 Å². The smallest absolute Gasteiger partial charge is 0.164 e. The lowest BCUT2D eigenvalue weighted by Crippen LogP contribution is -2.26. The Bertz CT molecular complexity index is 519. The van der Waals surface area contributed by atoms with E-state index in [1.165, 1.54) is 0 Å². The number of hydrogen-bond donors (Lipinski definition) is 2. The molecular formula is C10H15N5O. The molecule has 0 radical (unpaired) electrons. The summed E-state index contributed by atoms with van der Waals surface area (Å²) in [5.41, 5.74) is 7.44. The van der Waals surface area contributed by atoms with Crippen LogP contribution in [0.3, 0.4) is 0 Å². The topological polar surface area (TPSA) is 89.3 Å². The summed E-state index contributed by atoms with van der Waals surface area (Å²) in [4.78, 5) is 4.32. The van der Waals surface area contributed by atoms with Crippen LogP contribution in [-0.2, 0) is 0 Å². The minimum atomic E-state index is -0.673. The zero-order chi connectivity index (χ0) is 11.9. The maximum absolute atomic E-state index is 9.47. The SMILES string of the molecule is Cc1cc2nnc(C(N)C(C)O)n2c(C)n1. The molecule has 86 valence electrons. The second-order valence-electron chi connectivity index (χ2n) is 3.96. The van der Waals surface area contributed by atoms with Crippen LogP contribution in [0.4, 0.5) is 0 Å². The largest absolute Gasteiger partial charge is 0.391 e. The van der Waals surface area contributed by atoms with Crippen molar-refractivity contribution >= 4 is 5.65 Å². The number of rotatable bonds is 2. The molecule has 0 aliphatic heterocycles. The zero-order valence-corrected chi connectivity index (χ0v) is 9.55. The van der Waals surface area contributed by atoms with E-state index in [1.54, 1.807) is 11.3 Å². The van der Waals surface area contributed by atoms with Gasteiger partial charge < -0.3 is 10.8 Å². The van der Waals surface area contributed by atoms with Crippen molar-refractivity contribution in [2.75, 3.05) is 0 Å². The minimum Gasteiger partial charge on any atom is -0.391 e. The predicted molar refractivity (Wildman–Crippen MR) is 58.9 cm³/mol. The Morgan fingerprint density at radius 2 is 2.06 bits per heavy atom. The van der Waals surface area contributed by atoms with Gasteiger partial charge in [-0.15, -0.1) is 10.2 Å². The normalized spacial score (nSPS) is 15.3. The number of nitrogens with two attached hydrogens (primary N) is 1. The highest BCUT2D eigenvalue weighted by molar-refractivity contribution is 5.40. The van der Waals surface area contributed by atoms with Gasteiger partial charge in [0.1, 0.15) is 5.82 Å². The van der Waals surface area contributed by atoms with Crippen LogP contribution >= 0.6 is 0 Å². The van der Waals surface area contributed by atoms with E-state index in [9.17, 15) is 5.11 Å². The second-order valence-corrected chi connectivity index (χ2v) is 3.96. The number of aliphatic hydroxyl groups is 1. The van der Waals surface area contributed by atoms with Gasteiger partial charge in [-0.3, -0.25) is 4.40 Å². The van der Waals surface area contributed by atoms with Gasteiger partial charge in [-0.1, -0.05) is 0 Å². The van der Waals surface area contributed by atoms with Crippen molar-refractivity contribution in [1.29, 1.82) is 0 Å². The number of nitrogens with zero attached hydrogens (tertiary/aromatic N) is 4. The van der Waals surface area contributed by atoms with Crippen LogP contribution < -0.4 is 5.73 Å². The molecule has 0 aliphatic carbocycles. The summed E-state index contributed by atoms with van der Waals surface area (Å²) in [6.45, 7) is 5.39. The van der Waals surface area contributed by atoms with Gasteiger partial charge in [0, 0.05) is 11.8 Å². The summed E-state index contributed by atoms with van der Waals surface area (Å²) >= 11 is 0. The Labute approximate surface area is 93.1 Å². The quantitative estimate of drug-likeness (QED) is 0.752. The van der Waals surface area contributed by atoms with Crippen LogP contribution in [0.25, 0.3) is 5.65 Å². The van der Waals surface area contributed by atoms with E-state index in [1.807, 2.05) is 19.9 Å².